The Morgan fingerprint density at radius 3 is 3.00 bits per heavy atom. The zero-order valence-electron chi connectivity index (χ0n) is 12.2. The summed E-state index contributed by atoms with van der Waals surface area (Å²) in [7, 11) is 1.74. The summed E-state index contributed by atoms with van der Waals surface area (Å²) in [5.41, 5.74) is 2.64. The zero-order valence-corrected chi connectivity index (χ0v) is 12.2. The van der Waals surface area contributed by atoms with Gasteiger partial charge < -0.3 is 15.4 Å². The molecular weight excluding hydrogens is 236 g/mol. The van der Waals surface area contributed by atoms with Crippen molar-refractivity contribution in [1.82, 2.24) is 10.6 Å². The van der Waals surface area contributed by atoms with Gasteiger partial charge >= 0.3 is 0 Å². The van der Waals surface area contributed by atoms with Crippen LogP contribution in [0.1, 0.15) is 37.3 Å². The molecular formula is C16H26N2O. The van der Waals surface area contributed by atoms with Gasteiger partial charge in [0.1, 0.15) is 5.75 Å². The SMILES string of the molecule is CCc1cc(CNCCC2CCCN2)ccc1OC. The summed E-state index contributed by atoms with van der Waals surface area (Å²) in [6, 6.07) is 7.21. The van der Waals surface area contributed by atoms with Crippen molar-refractivity contribution < 1.29 is 4.74 Å². The Bertz CT molecular complexity index is 386. The molecule has 1 saturated heterocycles. The molecule has 1 fully saturated rings. The van der Waals surface area contributed by atoms with Gasteiger partial charge in [-0.3, -0.25) is 0 Å². The normalized spacial score (nSPS) is 18.7. The molecule has 1 aliphatic rings. The Morgan fingerprint density at radius 2 is 2.32 bits per heavy atom. The second-order valence-electron chi connectivity index (χ2n) is 5.26. The zero-order chi connectivity index (χ0) is 13.5. The van der Waals surface area contributed by atoms with Gasteiger partial charge in [0.15, 0.2) is 0 Å². The molecule has 0 bridgehead atoms. The topological polar surface area (TPSA) is 33.3 Å². The molecule has 1 atom stereocenters. The predicted octanol–water partition coefficient (Wildman–Crippen LogP) is 2.49. The molecule has 1 heterocycles. The minimum absolute atomic E-state index is 0.731. The average molecular weight is 262 g/mol. The molecule has 0 saturated carbocycles. The van der Waals surface area contributed by atoms with Crippen molar-refractivity contribution in [1.29, 1.82) is 0 Å². The maximum Gasteiger partial charge on any atom is 0.122 e. The van der Waals surface area contributed by atoms with Gasteiger partial charge in [0.2, 0.25) is 0 Å². The van der Waals surface area contributed by atoms with Crippen molar-refractivity contribution in [2.75, 3.05) is 20.2 Å². The lowest BCUT2D eigenvalue weighted by Gasteiger charge is -2.12. The summed E-state index contributed by atoms with van der Waals surface area (Å²) in [4.78, 5) is 0. The predicted molar refractivity (Wildman–Crippen MR) is 79.7 cm³/mol. The molecule has 19 heavy (non-hydrogen) atoms. The van der Waals surface area contributed by atoms with Gasteiger partial charge in [0, 0.05) is 12.6 Å². The van der Waals surface area contributed by atoms with Crippen LogP contribution in [-0.2, 0) is 13.0 Å². The Labute approximate surface area is 116 Å². The van der Waals surface area contributed by atoms with E-state index in [2.05, 4.69) is 35.8 Å². The molecule has 1 unspecified atom stereocenters. The van der Waals surface area contributed by atoms with Gasteiger partial charge in [-0.25, -0.2) is 0 Å². The van der Waals surface area contributed by atoms with Crippen LogP contribution in [0.4, 0.5) is 0 Å². The van der Waals surface area contributed by atoms with Crippen LogP contribution in [0.2, 0.25) is 0 Å². The van der Waals surface area contributed by atoms with Crippen molar-refractivity contribution in [3.63, 3.8) is 0 Å². The van der Waals surface area contributed by atoms with Crippen molar-refractivity contribution in [3.8, 4) is 5.75 Å². The van der Waals surface area contributed by atoms with Gasteiger partial charge in [-0.05, 0) is 56.0 Å². The van der Waals surface area contributed by atoms with Crippen LogP contribution < -0.4 is 15.4 Å². The molecule has 3 nitrogen and oxygen atoms in total. The number of hydrogen-bond acceptors (Lipinski definition) is 3. The summed E-state index contributed by atoms with van der Waals surface area (Å²) < 4.78 is 5.36. The first-order valence-corrected chi connectivity index (χ1v) is 7.43. The quantitative estimate of drug-likeness (QED) is 0.741. The maximum atomic E-state index is 5.36. The van der Waals surface area contributed by atoms with E-state index in [1.54, 1.807) is 7.11 Å². The Hall–Kier alpha value is -1.06. The highest BCUT2D eigenvalue weighted by Crippen LogP contribution is 2.20. The van der Waals surface area contributed by atoms with E-state index in [0.29, 0.717) is 0 Å². The van der Waals surface area contributed by atoms with Gasteiger partial charge in [-0.15, -0.1) is 0 Å². The number of nitrogens with one attached hydrogen (secondary N) is 2. The molecule has 0 aromatic heterocycles. The molecule has 0 spiro atoms. The third kappa shape index (κ3) is 4.22. The molecule has 1 aromatic carbocycles. The highest BCUT2D eigenvalue weighted by molar-refractivity contribution is 5.37. The van der Waals surface area contributed by atoms with Crippen molar-refractivity contribution in [2.24, 2.45) is 0 Å². The number of benzene rings is 1. The maximum absolute atomic E-state index is 5.36. The van der Waals surface area contributed by atoms with E-state index in [1.165, 1.54) is 36.9 Å². The van der Waals surface area contributed by atoms with E-state index < -0.39 is 0 Å². The molecule has 1 aromatic rings. The minimum atomic E-state index is 0.731. The van der Waals surface area contributed by atoms with Crippen LogP contribution in [0.5, 0.6) is 5.75 Å². The van der Waals surface area contributed by atoms with E-state index in [4.69, 9.17) is 4.74 Å². The third-order valence-corrected chi connectivity index (χ3v) is 3.89. The van der Waals surface area contributed by atoms with Gasteiger partial charge in [0.25, 0.3) is 0 Å². The van der Waals surface area contributed by atoms with Crippen LogP contribution in [0.25, 0.3) is 0 Å². The van der Waals surface area contributed by atoms with Crippen LogP contribution in [-0.4, -0.2) is 26.2 Å². The average Bonchev–Trinajstić information content (AvgIpc) is 2.96. The summed E-state index contributed by atoms with van der Waals surface area (Å²) in [6.45, 7) is 5.40. The Kier molecular flexibility index (Phi) is 5.67. The molecule has 0 aliphatic carbocycles. The van der Waals surface area contributed by atoms with Gasteiger partial charge in [-0.1, -0.05) is 19.1 Å². The molecule has 106 valence electrons. The van der Waals surface area contributed by atoms with E-state index >= 15 is 0 Å². The number of aryl methyl sites for hydroxylation is 1. The number of rotatable bonds is 7. The summed E-state index contributed by atoms with van der Waals surface area (Å²) in [5, 5.41) is 7.07. The first-order valence-electron chi connectivity index (χ1n) is 7.43. The second kappa shape index (κ2) is 7.51. The molecule has 1 aliphatic heterocycles. The lowest BCUT2D eigenvalue weighted by atomic mass is 10.1. The molecule has 0 amide bonds. The van der Waals surface area contributed by atoms with Crippen LogP contribution in [0, 0.1) is 0 Å². The van der Waals surface area contributed by atoms with Crippen molar-refractivity contribution >= 4 is 0 Å². The van der Waals surface area contributed by atoms with E-state index in [1.807, 2.05) is 0 Å². The van der Waals surface area contributed by atoms with Crippen molar-refractivity contribution in [3.05, 3.63) is 29.3 Å². The van der Waals surface area contributed by atoms with E-state index in [0.717, 1.165) is 31.3 Å². The summed E-state index contributed by atoms with van der Waals surface area (Å²) >= 11 is 0. The fourth-order valence-corrected chi connectivity index (χ4v) is 2.73. The van der Waals surface area contributed by atoms with E-state index in [9.17, 15) is 0 Å². The smallest absolute Gasteiger partial charge is 0.122 e. The molecule has 0 radical (unpaired) electrons. The standard InChI is InChI=1S/C16H26N2O/c1-3-14-11-13(6-7-16(14)19-2)12-17-10-8-15-5-4-9-18-15/h6-7,11,15,17-18H,3-5,8-10,12H2,1-2H3. The number of hydrogen-bond donors (Lipinski definition) is 2. The monoisotopic (exact) mass is 262 g/mol. The lowest BCUT2D eigenvalue weighted by Crippen LogP contribution is -2.26. The van der Waals surface area contributed by atoms with Gasteiger partial charge in [0.05, 0.1) is 7.11 Å². The first kappa shape index (κ1) is 14.4. The largest absolute Gasteiger partial charge is 0.496 e. The highest BCUT2D eigenvalue weighted by atomic mass is 16.5. The number of methoxy groups -OCH3 is 1. The van der Waals surface area contributed by atoms with Crippen LogP contribution in [0.15, 0.2) is 18.2 Å². The minimum Gasteiger partial charge on any atom is -0.496 e. The fraction of sp³-hybridized carbons (Fsp3) is 0.625. The van der Waals surface area contributed by atoms with Crippen LogP contribution >= 0.6 is 0 Å². The first-order chi connectivity index (χ1) is 9.33. The third-order valence-electron chi connectivity index (χ3n) is 3.89. The molecule has 3 heteroatoms. The fourth-order valence-electron chi connectivity index (χ4n) is 2.73. The number of ether oxygens (including phenoxy) is 1. The second-order valence-corrected chi connectivity index (χ2v) is 5.26. The Morgan fingerprint density at radius 1 is 1.42 bits per heavy atom. The van der Waals surface area contributed by atoms with Crippen molar-refractivity contribution in [2.45, 2.75) is 45.2 Å². The summed E-state index contributed by atoms with van der Waals surface area (Å²) in [6.07, 6.45) is 4.92. The summed E-state index contributed by atoms with van der Waals surface area (Å²) in [5.74, 6) is 1.00. The highest BCUT2D eigenvalue weighted by Gasteiger charge is 2.12. The molecule has 2 rings (SSSR count). The van der Waals surface area contributed by atoms with E-state index in [-0.39, 0.29) is 0 Å². The lowest BCUT2D eigenvalue weighted by molar-refractivity contribution is 0.410. The Balaban J connectivity index is 1.75. The van der Waals surface area contributed by atoms with Gasteiger partial charge in [-0.2, -0.15) is 0 Å². The molecule has 2 N–H and O–H groups in total. The van der Waals surface area contributed by atoms with Crippen LogP contribution in [0.3, 0.4) is 0 Å².